The molecule has 1 amide bonds. The molecule has 4 rings (SSSR count). The molecule has 2 aliphatic heterocycles. The number of anilines is 1. The molecule has 1 saturated carbocycles. The highest BCUT2D eigenvalue weighted by atomic mass is 35.5. The molecule has 0 bridgehead atoms. The number of rotatable bonds is 2. The molecule has 0 radical (unpaired) electrons. The molecule has 2 saturated heterocycles. The van der Waals surface area contributed by atoms with Crippen LogP contribution in [0.4, 0.5) is 5.69 Å². The van der Waals surface area contributed by atoms with E-state index in [1.807, 2.05) is 18.2 Å². The van der Waals surface area contributed by atoms with Gasteiger partial charge in [-0.2, -0.15) is 0 Å². The lowest BCUT2D eigenvalue weighted by Gasteiger charge is -2.56. The van der Waals surface area contributed by atoms with E-state index >= 15 is 0 Å². The lowest BCUT2D eigenvalue weighted by molar-refractivity contribution is -0.129. The number of para-hydroxylation sites is 1. The first kappa shape index (κ1) is 19.7. The minimum Gasteiger partial charge on any atom is -0.306 e. The quantitative estimate of drug-likeness (QED) is 0.663. The molecular weight excluding hydrogens is 344 g/mol. The van der Waals surface area contributed by atoms with Crippen molar-refractivity contribution < 1.29 is 4.79 Å². The third-order valence-electron chi connectivity index (χ3n) is 6.79. The van der Waals surface area contributed by atoms with E-state index in [-0.39, 0.29) is 17.9 Å². The average molecular weight is 377 g/mol. The zero-order valence-corrected chi connectivity index (χ0v) is 16.7. The van der Waals surface area contributed by atoms with Crippen LogP contribution in [0.1, 0.15) is 70.6 Å². The van der Waals surface area contributed by atoms with Gasteiger partial charge >= 0.3 is 0 Å². The Kier molecular flexibility index (Phi) is 6.63. The van der Waals surface area contributed by atoms with Gasteiger partial charge in [0, 0.05) is 24.8 Å². The van der Waals surface area contributed by atoms with Gasteiger partial charge in [-0.25, -0.2) is 0 Å². The normalized spacial score (nSPS) is 24.9. The second-order valence-corrected chi connectivity index (χ2v) is 8.35. The third-order valence-corrected chi connectivity index (χ3v) is 6.79. The van der Waals surface area contributed by atoms with Crippen LogP contribution >= 0.6 is 12.4 Å². The highest BCUT2D eigenvalue weighted by Crippen LogP contribution is 2.44. The molecule has 3 aliphatic rings. The minimum atomic E-state index is 0. The van der Waals surface area contributed by atoms with Crippen molar-refractivity contribution in [3.05, 3.63) is 30.3 Å². The molecule has 26 heavy (non-hydrogen) atoms. The average Bonchev–Trinajstić information content (AvgIpc) is 2.77. The van der Waals surface area contributed by atoms with Crippen molar-refractivity contribution in [3.8, 4) is 0 Å². The predicted molar refractivity (Wildman–Crippen MR) is 110 cm³/mol. The van der Waals surface area contributed by atoms with E-state index in [1.54, 1.807) is 0 Å². The van der Waals surface area contributed by atoms with Crippen LogP contribution in [-0.4, -0.2) is 35.5 Å². The zero-order valence-electron chi connectivity index (χ0n) is 15.9. The van der Waals surface area contributed by atoms with E-state index < -0.39 is 0 Å². The fraction of sp³-hybridized carbons (Fsp3) is 0.682. The Labute approximate surface area is 164 Å². The molecule has 1 aromatic carbocycles. The molecule has 0 N–H and O–H groups in total. The van der Waals surface area contributed by atoms with E-state index in [0.29, 0.717) is 5.91 Å². The van der Waals surface area contributed by atoms with Crippen LogP contribution in [-0.2, 0) is 4.79 Å². The lowest BCUT2D eigenvalue weighted by Crippen LogP contribution is -2.68. The number of amides is 1. The number of hydrogen-bond donors (Lipinski definition) is 0. The number of piperidine rings is 1. The Morgan fingerprint density at radius 2 is 1.42 bits per heavy atom. The van der Waals surface area contributed by atoms with Gasteiger partial charge in [0.1, 0.15) is 0 Å². The number of halogens is 1. The molecule has 0 unspecified atom stereocenters. The summed E-state index contributed by atoms with van der Waals surface area (Å²) in [5.74, 6) is 0.307. The summed E-state index contributed by atoms with van der Waals surface area (Å²) in [6, 6.07) is 11.1. The van der Waals surface area contributed by atoms with Gasteiger partial charge in [0.05, 0.1) is 12.0 Å². The number of carbonyl (C=O) groups excluding carboxylic acids is 1. The molecule has 144 valence electrons. The van der Waals surface area contributed by atoms with Gasteiger partial charge in [-0.15, -0.1) is 12.4 Å². The Morgan fingerprint density at radius 3 is 2.00 bits per heavy atom. The summed E-state index contributed by atoms with van der Waals surface area (Å²) in [5, 5.41) is 0. The fourth-order valence-corrected chi connectivity index (χ4v) is 5.29. The number of likely N-dealkylation sites (tertiary alicyclic amines) is 1. The Bertz CT molecular complexity index is 573. The van der Waals surface area contributed by atoms with E-state index in [0.717, 1.165) is 31.0 Å². The van der Waals surface area contributed by atoms with Crippen LogP contribution < -0.4 is 4.90 Å². The predicted octanol–water partition coefficient (Wildman–Crippen LogP) is 5.18. The van der Waals surface area contributed by atoms with Gasteiger partial charge in [0.25, 0.3) is 0 Å². The molecule has 4 heteroatoms. The Balaban J connectivity index is 0.00000196. The second kappa shape index (κ2) is 8.75. The minimum absolute atomic E-state index is 0. The van der Waals surface area contributed by atoms with Crippen LogP contribution in [0.2, 0.25) is 0 Å². The first-order chi connectivity index (χ1) is 12.3. The van der Waals surface area contributed by atoms with Gasteiger partial charge < -0.3 is 9.80 Å². The monoisotopic (exact) mass is 376 g/mol. The first-order valence-electron chi connectivity index (χ1n) is 10.4. The van der Waals surface area contributed by atoms with E-state index in [9.17, 15) is 4.79 Å². The maximum absolute atomic E-state index is 12.3. The van der Waals surface area contributed by atoms with Gasteiger partial charge in [0.2, 0.25) is 5.91 Å². The van der Waals surface area contributed by atoms with Crippen molar-refractivity contribution in [2.45, 2.75) is 82.2 Å². The summed E-state index contributed by atoms with van der Waals surface area (Å²) in [6.07, 6.45) is 14.3. The van der Waals surface area contributed by atoms with Crippen LogP contribution in [0.5, 0.6) is 0 Å². The first-order valence-corrected chi connectivity index (χ1v) is 10.4. The Morgan fingerprint density at radius 1 is 0.846 bits per heavy atom. The molecule has 3 fully saturated rings. The molecule has 0 atom stereocenters. The summed E-state index contributed by atoms with van der Waals surface area (Å²) in [7, 11) is 0. The summed E-state index contributed by atoms with van der Waals surface area (Å²) in [4.78, 5) is 17.2. The molecule has 1 aromatic rings. The van der Waals surface area contributed by atoms with Gasteiger partial charge in [-0.3, -0.25) is 4.79 Å². The maximum Gasteiger partial charge on any atom is 0.229 e. The van der Waals surface area contributed by atoms with Crippen LogP contribution in [0.15, 0.2) is 30.3 Å². The smallest absolute Gasteiger partial charge is 0.229 e. The largest absolute Gasteiger partial charge is 0.306 e. The number of hydrogen-bond acceptors (Lipinski definition) is 2. The van der Waals surface area contributed by atoms with Crippen molar-refractivity contribution in [2.24, 2.45) is 0 Å². The molecule has 1 spiro atoms. The molecule has 2 heterocycles. The van der Waals surface area contributed by atoms with Gasteiger partial charge in [-0.05, 0) is 37.8 Å². The zero-order chi connectivity index (χ0) is 17.1. The van der Waals surface area contributed by atoms with Crippen molar-refractivity contribution in [1.82, 2.24) is 4.90 Å². The third kappa shape index (κ3) is 3.94. The molecule has 1 aliphatic carbocycles. The van der Waals surface area contributed by atoms with Crippen molar-refractivity contribution in [2.75, 3.05) is 18.0 Å². The molecule has 3 nitrogen and oxygen atoms in total. The lowest BCUT2D eigenvalue weighted by atomic mass is 9.75. The summed E-state index contributed by atoms with van der Waals surface area (Å²) in [5.41, 5.74) is 1.20. The summed E-state index contributed by atoms with van der Waals surface area (Å²) < 4.78 is 0. The Hall–Kier alpha value is -1.06. The van der Waals surface area contributed by atoms with Crippen molar-refractivity contribution >= 4 is 24.0 Å². The number of benzene rings is 1. The number of nitrogens with zero attached hydrogens (tertiary/aromatic N) is 2. The number of β-lactam (4-membered cyclic amide) rings is 1. The standard InChI is InChI=1S/C22H32N2O.ClH/c25-21-18-22(24(21)20-12-8-5-9-13-20)14-16-23(17-15-22)19-10-6-3-1-2-4-7-11-19;/h5,8-9,12-13,19H,1-4,6-7,10-11,14-18H2;1H. The van der Waals surface area contributed by atoms with Gasteiger partial charge in [0.15, 0.2) is 0 Å². The fourth-order valence-electron chi connectivity index (χ4n) is 5.29. The topological polar surface area (TPSA) is 23.6 Å². The van der Waals surface area contributed by atoms with Crippen LogP contribution in [0.3, 0.4) is 0 Å². The van der Waals surface area contributed by atoms with E-state index in [4.69, 9.17) is 0 Å². The molecule has 0 aromatic heterocycles. The van der Waals surface area contributed by atoms with Crippen LogP contribution in [0.25, 0.3) is 0 Å². The SMILES string of the molecule is Cl.O=C1CC2(CCN(C3CCCCCCCC3)CC2)N1c1ccccc1. The highest BCUT2D eigenvalue weighted by molar-refractivity contribution is 6.02. The van der Waals surface area contributed by atoms with Crippen LogP contribution in [0, 0.1) is 0 Å². The summed E-state index contributed by atoms with van der Waals surface area (Å²) in [6.45, 7) is 2.34. The van der Waals surface area contributed by atoms with Crippen molar-refractivity contribution in [1.29, 1.82) is 0 Å². The van der Waals surface area contributed by atoms with E-state index in [1.165, 1.54) is 64.5 Å². The maximum atomic E-state index is 12.3. The number of carbonyl (C=O) groups is 1. The summed E-state index contributed by atoms with van der Waals surface area (Å²) >= 11 is 0. The highest BCUT2D eigenvalue weighted by Gasteiger charge is 2.52. The second-order valence-electron chi connectivity index (χ2n) is 8.35. The van der Waals surface area contributed by atoms with E-state index in [2.05, 4.69) is 21.9 Å². The molecular formula is C22H33ClN2O. The van der Waals surface area contributed by atoms with Crippen molar-refractivity contribution in [3.63, 3.8) is 0 Å². The van der Waals surface area contributed by atoms with Gasteiger partial charge in [-0.1, -0.05) is 56.7 Å².